The summed E-state index contributed by atoms with van der Waals surface area (Å²) >= 11 is 0. The van der Waals surface area contributed by atoms with Gasteiger partial charge in [0, 0.05) is 24.5 Å². The largest absolute Gasteiger partial charge is 0.477 e. The Morgan fingerprint density at radius 3 is 2.67 bits per heavy atom. The van der Waals surface area contributed by atoms with Crippen molar-refractivity contribution in [3.8, 4) is 0 Å². The summed E-state index contributed by atoms with van der Waals surface area (Å²) in [5.74, 6) is -0.987. The molecule has 8 nitrogen and oxygen atoms in total. The number of rotatable bonds is 5. The molecule has 0 unspecified atom stereocenters. The second-order valence-corrected chi connectivity index (χ2v) is 6.35. The van der Waals surface area contributed by atoms with E-state index in [1.807, 2.05) is 31.2 Å². The molecule has 27 heavy (non-hydrogen) atoms. The van der Waals surface area contributed by atoms with Crippen molar-refractivity contribution in [1.82, 2.24) is 14.7 Å². The van der Waals surface area contributed by atoms with Crippen molar-refractivity contribution >= 4 is 22.8 Å². The summed E-state index contributed by atoms with van der Waals surface area (Å²) in [5.41, 5.74) is 0.710. The molecule has 0 saturated heterocycles. The fourth-order valence-corrected chi connectivity index (χ4v) is 2.94. The molecule has 0 saturated carbocycles. The lowest BCUT2D eigenvalue weighted by atomic mass is 10.1. The highest BCUT2D eigenvalue weighted by molar-refractivity contribution is 5.88. The zero-order chi connectivity index (χ0) is 19.7. The maximum absolute atomic E-state index is 12.6. The molecule has 1 N–H and O–H groups in total. The Kier molecular flexibility index (Phi) is 4.81. The first-order valence-electron chi connectivity index (χ1n) is 8.30. The number of furan rings is 1. The lowest BCUT2D eigenvalue weighted by Crippen LogP contribution is -2.37. The molecule has 2 heterocycles. The Balaban J connectivity index is 1.83. The molecule has 3 rings (SSSR count). The maximum atomic E-state index is 12.6. The highest BCUT2D eigenvalue weighted by atomic mass is 16.4. The molecule has 0 radical (unpaired) electrons. The van der Waals surface area contributed by atoms with Crippen LogP contribution >= 0.6 is 0 Å². The van der Waals surface area contributed by atoms with Crippen LogP contribution in [0.5, 0.6) is 0 Å². The van der Waals surface area contributed by atoms with E-state index in [4.69, 9.17) is 9.52 Å². The van der Waals surface area contributed by atoms with Crippen LogP contribution in [0.3, 0.4) is 0 Å². The topological polar surface area (TPSA) is 106 Å². The molecule has 140 valence electrons. The number of carboxylic acid groups (broad SMARTS) is 1. The van der Waals surface area contributed by atoms with Crippen molar-refractivity contribution in [2.24, 2.45) is 0 Å². The average molecular weight is 369 g/mol. The molecule has 0 aliphatic heterocycles. The Bertz CT molecular complexity index is 1100. The Morgan fingerprint density at radius 2 is 1.96 bits per heavy atom. The number of nitrogens with zero attached hydrogens (tertiary/aromatic N) is 3. The molecule has 0 fully saturated rings. The van der Waals surface area contributed by atoms with E-state index in [0.717, 1.165) is 27.0 Å². The Labute approximate surface area is 154 Å². The van der Waals surface area contributed by atoms with Gasteiger partial charge in [0.1, 0.15) is 23.5 Å². The van der Waals surface area contributed by atoms with E-state index in [1.54, 1.807) is 7.05 Å². The van der Waals surface area contributed by atoms with Gasteiger partial charge in [0.15, 0.2) is 0 Å². The van der Waals surface area contributed by atoms with E-state index in [0.29, 0.717) is 6.54 Å². The van der Waals surface area contributed by atoms with E-state index in [2.05, 4.69) is 5.10 Å². The minimum absolute atomic E-state index is 0.255. The van der Waals surface area contributed by atoms with Gasteiger partial charge in [-0.1, -0.05) is 18.2 Å². The quantitative estimate of drug-likeness (QED) is 0.737. The third-order valence-corrected chi connectivity index (χ3v) is 4.45. The number of fused-ring (bicyclic) bond motifs is 1. The van der Waals surface area contributed by atoms with E-state index in [1.165, 1.54) is 18.0 Å². The molecule has 1 amide bonds. The predicted molar refractivity (Wildman–Crippen MR) is 97.6 cm³/mol. The number of aromatic nitrogens is 2. The van der Waals surface area contributed by atoms with Crippen molar-refractivity contribution in [1.29, 1.82) is 0 Å². The normalized spacial score (nSPS) is 10.9. The number of para-hydroxylation sites is 1. The Morgan fingerprint density at radius 1 is 1.26 bits per heavy atom. The van der Waals surface area contributed by atoms with Crippen molar-refractivity contribution in [3.05, 3.63) is 63.3 Å². The highest BCUT2D eigenvalue weighted by Crippen LogP contribution is 2.26. The third kappa shape index (κ3) is 3.46. The van der Waals surface area contributed by atoms with Gasteiger partial charge in [0.25, 0.3) is 5.56 Å². The second kappa shape index (κ2) is 7.06. The molecule has 1 aromatic carbocycles. The van der Waals surface area contributed by atoms with Gasteiger partial charge in [0.2, 0.25) is 5.91 Å². The summed E-state index contributed by atoms with van der Waals surface area (Å²) in [6, 6.07) is 7.55. The molecule has 0 aliphatic carbocycles. The molecule has 3 aromatic rings. The summed E-state index contributed by atoms with van der Waals surface area (Å²) in [4.78, 5) is 37.5. The van der Waals surface area contributed by atoms with Crippen LogP contribution in [0.2, 0.25) is 0 Å². The molecule has 0 bridgehead atoms. The number of hydrogen-bond donors (Lipinski definition) is 1. The maximum Gasteiger partial charge on any atom is 0.341 e. The smallest absolute Gasteiger partial charge is 0.341 e. The van der Waals surface area contributed by atoms with E-state index < -0.39 is 11.5 Å². The van der Waals surface area contributed by atoms with Gasteiger partial charge in [0.05, 0.1) is 6.20 Å². The van der Waals surface area contributed by atoms with Gasteiger partial charge in [-0.05, 0) is 25.5 Å². The zero-order valence-electron chi connectivity index (χ0n) is 15.2. The first-order chi connectivity index (χ1) is 12.8. The fourth-order valence-electron chi connectivity index (χ4n) is 2.94. The molecule has 0 aliphatic rings. The number of carboxylic acids is 1. The molecular formula is C19H19N3O5. The van der Waals surface area contributed by atoms with Crippen molar-refractivity contribution in [2.75, 3.05) is 7.05 Å². The standard InChI is InChI=1S/C19H19N3O5/c1-11-8-20-22(18(24)17(11)19(25)26)10-16(23)21(3)9-14-12(2)27-15-7-5-4-6-13(14)15/h4-8H,9-10H2,1-3H3,(H,25,26). The first-order valence-corrected chi connectivity index (χ1v) is 8.30. The average Bonchev–Trinajstić information content (AvgIpc) is 2.92. The number of aromatic carboxylic acids is 1. The number of carbonyl (C=O) groups is 2. The summed E-state index contributed by atoms with van der Waals surface area (Å²) in [6.07, 6.45) is 1.27. The van der Waals surface area contributed by atoms with Crippen LogP contribution in [0, 0.1) is 13.8 Å². The van der Waals surface area contributed by atoms with Gasteiger partial charge in [-0.2, -0.15) is 5.10 Å². The summed E-state index contributed by atoms with van der Waals surface area (Å²) in [5, 5.41) is 14.0. The lowest BCUT2D eigenvalue weighted by Gasteiger charge is -2.17. The third-order valence-electron chi connectivity index (χ3n) is 4.45. The number of benzene rings is 1. The monoisotopic (exact) mass is 369 g/mol. The van der Waals surface area contributed by atoms with Crippen LogP contribution in [0.1, 0.15) is 27.2 Å². The fraction of sp³-hybridized carbons (Fsp3) is 0.263. The lowest BCUT2D eigenvalue weighted by molar-refractivity contribution is -0.131. The van der Waals surface area contributed by atoms with Crippen LogP contribution in [0.4, 0.5) is 0 Å². The van der Waals surface area contributed by atoms with Gasteiger partial charge in [-0.25, -0.2) is 9.48 Å². The van der Waals surface area contributed by atoms with Gasteiger partial charge in [-0.3, -0.25) is 9.59 Å². The number of carbonyl (C=O) groups excluding carboxylic acids is 1. The van der Waals surface area contributed by atoms with Crippen molar-refractivity contribution in [2.45, 2.75) is 26.9 Å². The Hall–Kier alpha value is -3.42. The minimum Gasteiger partial charge on any atom is -0.477 e. The van der Waals surface area contributed by atoms with Crippen molar-refractivity contribution in [3.63, 3.8) is 0 Å². The number of hydrogen-bond acceptors (Lipinski definition) is 5. The molecular weight excluding hydrogens is 350 g/mol. The molecule has 0 atom stereocenters. The zero-order valence-corrected chi connectivity index (χ0v) is 15.2. The second-order valence-electron chi connectivity index (χ2n) is 6.35. The van der Waals surface area contributed by atoms with Crippen LogP contribution in [-0.2, 0) is 17.9 Å². The van der Waals surface area contributed by atoms with Crippen molar-refractivity contribution < 1.29 is 19.1 Å². The number of amides is 1. The first kappa shape index (κ1) is 18.4. The van der Waals surface area contributed by atoms with E-state index in [-0.39, 0.29) is 23.6 Å². The van der Waals surface area contributed by atoms with Gasteiger partial charge in [-0.15, -0.1) is 0 Å². The number of aryl methyl sites for hydroxylation is 2. The summed E-state index contributed by atoms with van der Waals surface area (Å²) < 4.78 is 6.57. The van der Waals surface area contributed by atoms with Crippen LogP contribution in [0.15, 0.2) is 39.7 Å². The highest BCUT2D eigenvalue weighted by Gasteiger charge is 2.20. The van der Waals surface area contributed by atoms with Gasteiger partial charge >= 0.3 is 5.97 Å². The molecule has 8 heteroatoms. The molecule has 0 spiro atoms. The van der Waals surface area contributed by atoms with E-state index >= 15 is 0 Å². The summed E-state index contributed by atoms with van der Waals surface area (Å²) in [6.45, 7) is 3.28. The van der Waals surface area contributed by atoms with E-state index in [9.17, 15) is 14.4 Å². The van der Waals surface area contributed by atoms with Crippen LogP contribution < -0.4 is 5.56 Å². The van der Waals surface area contributed by atoms with Gasteiger partial charge < -0.3 is 14.4 Å². The SMILES string of the molecule is Cc1cnn(CC(=O)N(C)Cc2c(C)oc3ccccc23)c(=O)c1C(=O)O. The molecule has 2 aromatic heterocycles. The van der Waals surface area contributed by atoms with Crippen LogP contribution in [-0.4, -0.2) is 38.7 Å². The number of likely N-dealkylation sites (N-methyl/N-ethyl adjacent to an activating group) is 1. The minimum atomic E-state index is -1.34. The summed E-state index contributed by atoms with van der Waals surface area (Å²) in [7, 11) is 1.61. The predicted octanol–water partition coefficient (Wildman–Crippen LogP) is 1.96. The van der Waals surface area contributed by atoms with Crippen LogP contribution in [0.25, 0.3) is 11.0 Å².